The lowest BCUT2D eigenvalue weighted by Gasteiger charge is -2.09. The second kappa shape index (κ2) is 8.55. The molecule has 2 aromatic carbocycles. The molecular formula is C20H20N2O3. The first-order valence-corrected chi connectivity index (χ1v) is 7.85. The van der Waals surface area contributed by atoms with Crippen LogP contribution in [0.2, 0.25) is 0 Å². The van der Waals surface area contributed by atoms with Crippen LogP contribution in [0.1, 0.15) is 18.1 Å². The molecule has 0 saturated carbocycles. The zero-order valence-electron chi connectivity index (χ0n) is 14.5. The summed E-state index contributed by atoms with van der Waals surface area (Å²) in [7, 11) is 3.08. The molecule has 0 fully saturated rings. The van der Waals surface area contributed by atoms with Crippen molar-refractivity contribution in [3.8, 4) is 17.6 Å². The fourth-order valence-corrected chi connectivity index (χ4v) is 2.26. The molecule has 5 heteroatoms. The Morgan fingerprint density at radius 3 is 2.44 bits per heavy atom. The Morgan fingerprint density at radius 1 is 1.16 bits per heavy atom. The Morgan fingerprint density at radius 2 is 1.88 bits per heavy atom. The lowest BCUT2D eigenvalue weighted by molar-refractivity contribution is -0.112. The van der Waals surface area contributed by atoms with Gasteiger partial charge in [0.1, 0.15) is 23.1 Å². The summed E-state index contributed by atoms with van der Waals surface area (Å²) >= 11 is 0. The van der Waals surface area contributed by atoms with Gasteiger partial charge in [0, 0.05) is 17.3 Å². The third kappa shape index (κ3) is 4.61. The summed E-state index contributed by atoms with van der Waals surface area (Å²) in [6.07, 6.45) is 2.42. The average Bonchev–Trinajstić information content (AvgIpc) is 2.66. The topological polar surface area (TPSA) is 71.4 Å². The third-order valence-electron chi connectivity index (χ3n) is 3.73. The number of carbonyl (C=O) groups is 1. The molecule has 2 rings (SSSR count). The van der Waals surface area contributed by atoms with Gasteiger partial charge < -0.3 is 14.8 Å². The van der Waals surface area contributed by atoms with Crippen LogP contribution in [0, 0.1) is 11.3 Å². The second-order valence-corrected chi connectivity index (χ2v) is 5.28. The summed E-state index contributed by atoms with van der Waals surface area (Å²) in [6.45, 7) is 2.06. The first-order chi connectivity index (χ1) is 12.1. The highest BCUT2D eigenvalue weighted by atomic mass is 16.5. The number of amides is 1. The molecule has 1 amide bonds. The quantitative estimate of drug-likeness (QED) is 0.643. The van der Waals surface area contributed by atoms with Crippen LogP contribution in [-0.2, 0) is 11.2 Å². The number of hydrogen-bond donors (Lipinski definition) is 1. The number of nitriles is 1. The minimum absolute atomic E-state index is 0.0111. The zero-order chi connectivity index (χ0) is 18.2. The molecular weight excluding hydrogens is 316 g/mol. The monoisotopic (exact) mass is 336 g/mol. The minimum Gasteiger partial charge on any atom is -0.497 e. The van der Waals surface area contributed by atoms with Crippen molar-refractivity contribution in [3.05, 3.63) is 59.2 Å². The Labute approximate surface area is 147 Å². The van der Waals surface area contributed by atoms with Gasteiger partial charge in [0.2, 0.25) is 0 Å². The van der Waals surface area contributed by atoms with Gasteiger partial charge in [0.15, 0.2) is 0 Å². The molecule has 128 valence electrons. The lowest BCUT2D eigenvalue weighted by atomic mass is 10.1. The van der Waals surface area contributed by atoms with E-state index in [-0.39, 0.29) is 5.57 Å². The van der Waals surface area contributed by atoms with E-state index in [9.17, 15) is 10.1 Å². The van der Waals surface area contributed by atoms with E-state index in [1.54, 1.807) is 25.3 Å². The van der Waals surface area contributed by atoms with Crippen LogP contribution >= 0.6 is 0 Å². The fraction of sp³-hybridized carbons (Fsp3) is 0.200. The van der Waals surface area contributed by atoms with Crippen molar-refractivity contribution < 1.29 is 14.3 Å². The average molecular weight is 336 g/mol. The molecule has 0 spiro atoms. The number of carbonyl (C=O) groups excluding carboxylic acids is 1. The van der Waals surface area contributed by atoms with Gasteiger partial charge in [-0.1, -0.05) is 19.1 Å². The van der Waals surface area contributed by atoms with Gasteiger partial charge >= 0.3 is 0 Å². The number of nitrogens with zero attached hydrogens (tertiary/aromatic N) is 1. The lowest BCUT2D eigenvalue weighted by Crippen LogP contribution is -2.13. The van der Waals surface area contributed by atoms with Gasteiger partial charge in [-0.15, -0.1) is 0 Å². The summed E-state index contributed by atoms with van der Waals surface area (Å²) in [5.74, 6) is 0.685. The summed E-state index contributed by atoms with van der Waals surface area (Å²) in [4.78, 5) is 12.4. The van der Waals surface area contributed by atoms with Gasteiger partial charge in [0.25, 0.3) is 5.91 Å². The van der Waals surface area contributed by atoms with Crippen LogP contribution in [0.4, 0.5) is 5.69 Å². The first-order valence-electron chi connectivity index (χ1n) is 7.85. The number of anilines is 1. The maximum absolute atomic E-state index is 12.4. The molecule has 2 aromatic rings. The van der Waals surface area contributed by atoms with Crippen LogP contribution in [0.3, 0.4) is 0 Å². The molecule has 0 aromatic heterocycles. The summed E-state index contributed by atoms with van der Waals surface area (Å²) in [5, 5.41) is 12.1. The highest BCUT2D eigenvalue weighted by Gasteiger charge is 2.12. The van der Waals surface area contributed by atoms with Crippen molar-refractivity contribution in [2.75, 3.05) is 19.5 Å². The van der Waals surface area contributed by atoms with E-state index < -0.39 is 5.91 Å². The van der Waals surface area contributed by atoms with E-state index in [0.29, 0.717) is 22.7 Å². The molecule has 0 radical (unpaired) electrons. The molecule has 0 unspecified atom stereocenters. The number of aryl methyl sites for hydroxylation is 1. The molecule has 0 aliphatic rings. The Balaban J connectivity index is 2.24. The van der Waals surface area contributed by atoms with Crippen molar-refractivity contribution in [1.82, 2.24) is 0 Å². The second-order valence-electron chi connectivity index (χ2n) is 5.28. The van der Waals surface area contributed by atoms with Gasteiger partial charge in [-0.3, -0.25) is 4.79 Å². The fourth-order valence-electron chi connectivity index (χ4n) is 2.26. The van der Waals surface area contributed by atoms with E-state index >= 15 is 0 Å². The van der Waals surface area contributed by atoms with E-state index in [4.69, 9.17) is 9.47 Å². The third-order valence-corrected chi connectivity index (χ3v) is 3.73. The van der Waals surface area contributed by atoms with Crippen molar-refractivity contribution in [2.24, 2.45) is 0 Å². The molecule has 0 aliphatic heterocycles. The molecule has 5 nitrogen and oxygen atoms in total. The molecule has 25 heavy (non-hydrogen) atoms. The van der Waals surface area contributed by atoms with Gasteiger partial charge in [-0.2, -0.15) is 5.26 Å². The van der Waals surface area contributed by atoms with E-state index in [2.05, 4.69) is 12.2 Å². The Bertz CT molecular complexity index is 818. The highest BCUT2D eigenvalue weighted by molar-refractivity contribution is 6.09. The molecule has 0 aliphatic carbocycles. The van der Waals surface area contributed by atoms with Crippen molar-refractivity contribution in [1.29, 1.82) is 5.26 Å². The van der Waals surface area contributed by atoms with Gasteiger partial charge in [-0.05, 0) is 42.3 Å². The van der Waals surface area contributed by atoms with Crippen LogP contribution in [0.5, 0.6) is 11.5 Å². The van der Waals surface area contributed by atoms with Crippen molar-refractivity contribution in [2.45, 2.75) is 13.3 Å². The molecule has 0 heterocycles. The number of nitrogens with one attached hydrogen (secondary N) is 1. The number of rotatable bonds is 6. The van der Waals surface area contributed by atoms with Gasteiger partial charge in [-0.25, -0.2) is 0 Å². The largest absolute Gasteiger partial charge is 0.497 e. The van der Waals surface area contributed by atoms with E-state index in [1.807, 2.05) is 30.3 Å². The summed E-state index contributed by atoms with van der Waals surface area (Å²) < 4.78 is 10.4. The highest BCUT2D eigenvalue weighted by Crippen LogP contribution is 2.26. The molecule has 0 saturated heterocycles. The predicted octanol–water partition coefficient (Wildman–Crippen LogP) is 3.81. The van der Waals surface area contributed by atoms with Crippen molar-refractivity contribution >= 4 is 17.7 Å². The summed E-state index contributed by atoms with van der Waals surface area (Å²) in [5.41, 5.74) is 2.43. The van der Waals surface area contributed by atoms with E-state index in [0.717, 1.165) is 6.42 Å². The summed E-state index contributed by atoms with van der Waals surface area (Å²) in [6, 6.07) is 14.6. The minimum atomic E-state index is -0.468. The normalized spacial score (nSPS) is 10.7. The SMILES string of the molecule is CCc1ccc(NC(=O)/C(C#N)=C/c2ccc(OC)cc2OC)cc1. The Kier molecular flexibility index (Phi) is 6.19. The van der Waals surface area contributed by atoms with Crippen molar-refractivity contribution in [3.63, 3.8) is 0 Å². The molecule has 0 bridgehead atoms. The standard InChI is InChI=1S/C20H20N2O3/c1-4-14-5-8-17(9-6-14)22-20(23)16(13-21)11-15-7-10-18(24-2)12-19(15)25-3/h5-12H,4H2,1-3H3,(H,22,23)/b16-11+. The number of hydrogen-bond acceptors (Lipinski definition) is 4. The smallest absolute Gasteiger partial charge is 0.266 e. The van der Waals surface area contributed by atoms with E-state index in [1.165, 1.54) is 18.7 Å². The molecule has 0 atom stereocenters. The van der Waals surface area contributed by atoms with Crippen LogP contribution in [-0.4, -0.2) is 20.1 Å². The predicted molar refractivity (Wildman–Crippen MR) is 97.6 cm³/mol. The van der Waals surface area contributed by atoms with Crippen LogP contribution in [0.25, 0.3) is 6.08 Å². The zero-order valence-corrected chi connectivity index (χ0v) is 14.5. The number of ether oxygens (including phenoxy) is 2. The van der Waals surface area contributed by atoms with Crippen LogP contribution < -0.4 is 14.8 Å². The number of methoxy groups -OCH3 is 2. The maximum Gasteiger partial charge on any atom is 0.266 e. The van der Waals surface area contributed by atoms with Crippen LogP contribution in [0.15, 0.2) is 48.0 Å². The maximum atomic E-state index is 12.4. The Hall–Kier alpha value is -3.26. The molecule has 1 N–H and O–H groups in total. The van der Waals surface area contributed by atoms with Gasteiger partial charge in [0.05, 0.1) is 14.2 Å². The first kappa shape index (κ1) is 18.1. The number of benzene rings is 2.